The third-order valence-corrected chi connectivity index (χ3v) is 3.85. The second kappa shape index (κ2) is 6.62. The molecule has 5 nitrogen and oxygen atoms in total. The van der Waals surface area contributed by atoms with Crippen molar-refractivity contribution in [3.8, 4) is 11.4 Å². The van der Waals surface area contributed by atoms with Crippen molar-refractivity contribution in [2.75, 3.05) is 6.61 Å². The molecule has 0 aliphatic carbocycles. The quantitative estimate of drug-likeness (QED) is 0.710. The number of unbranched alkanes of at least 4 members (excludes halogenated alkanes) is 1. The van der Waals surface area contributed by atoms with E-state index in [4.69, 9.17) is 5.11 Å². The standard InChI is InChI=1S/C18H18N2O3/c21-12-5-4-9-15-16(22)14-10-6-11-19-17(14)20(18(15)23)13-7-2-1-3-8-13/h1-3,6-8,10-11,21-22H,4-5,9,12H2. The van der Waals surface area contributed by atoms with Crippen LogP contribution in [0, 0.1) is 0 Å². The highest BCUT2D eigenvalue weighted by atomic mass is 16.3. The van der Waals surface area contributed by atoms with Gasteiger partial charge in [-0.1, -0.05) is 18.2 Å². The molecule has 1 aromatic carbocycles. The minimum atomic E-state index is -0.266. The van der Waals surface area contributed by atoms with Crippen LogP contribution >= 0.6 is 0 Å². The molecule has 0 bridgehead atoms. The maximum Gasteiger partial charge on any atom is 0.263 e. The minimum Gasteiger partial charge on any atom is -0.507 e. The third kappa shape index (κ3) is 2.83. The van der Waals surface area contributed by atoms with Crippen LogP contribution in [-0.4, -0.2) is 26.4 Å². The first-order chi connectivity index (χ1) is 11.2. The Morgan fingerprint density at radius 3 is 2.57 bits per heavy atom. The molecule has 0 spiro atoms. The van der Waals surface area contributed by atoms with Crippen LogP contribution in [0.25, 0.3) is 16.7 Å². The Hall–Kier alpha value is -2.66. The first-order valence-corrected chi connectivity index (χ1v) is 7.62. The summed E-state index contributed by atoms with van der Waals surface area (Å²) in [5, 5.41) is 20.0. The molecule has 0 unspecified atom stereocenters. The molecule has 0 aliphatic rings. The van der Waals surface area contributed by atoms with Crippen LogP contribution in [-0.2, 0) is 6.42 Å². The number of aliphatic hydroxyl groups is 1. The number of benzene rings is 1. The zero-order valence-electron chi connectivity index (χ0n) is 12.6. The molecule has 3 rings (SSSR count). The fraction of sp³-hybridized carbons (Fsp3) is 0.222. The van der Waals surface area contributed by atoms with Crippen LogP contribution in [0.5, 0.6) is 5.75 Å². The fourth-order valence-corrected chi connectivity index (χ4v) is 2.71. The van der Waals surface area contributed by atoms with Gasteiger partial charge in [0.15, 0.2) is 5.65 Å². The van der Waals surface area contributed by atoms with Crippen molar-refractivity contribution in [2.24, 2.45) is 0 Å². The molecule has 0 saturated heterocycles. The fourth-order valence-electron chi connectivity index (χ4n) is 2.71. The van der Waals surface area contributed by atoms with Crippen LogP contribution in [0.3, 0.4) is 0 Å². The number of para-hydroxylation sites is 1. The van der Waals surface area contributed by atoms with Gasteiger partial charge in [-0.25, -0.2) is 4.98 Å². The average molecular weight is 310 g/mol. The maximum atomic E-state index is 12.9. The van der Waals surface area contributed by atoms with E-state index in [2.05, 4.69) is 4.98 Å². The summed E-state index contributed by atoms with van der Waals surface area (Å²) >= 11 is 0. The molecule has 3 aromatic rings. The molecule has 23 heavy (non-hydrogen) atoms. The number of aliphatic hydroxyl groups excluding tert-OH is 1. The molecule has 118 valence electrons. The van der Waals surface area contributed by atoms with E-state index in [0.29, 0.717) is 41.5 Å². The first kappa shape index (κ1) is 15.2. The molecule has 2 heterocycles. The van der Waals surface area contributed by atoms with Crippen molar-refractivity contribution < 1.29 is 10.2 Å². The monoisotopic (exact) mass is 310 g/mol. The predicted octanol–water partition coefficient (Wildman–Crippen LogP) is 2.41. The first-order valence-electron chi connectivity index (χ1n) is 7.62. The Kier molecular flexibility index (Phi) is 4.39. The lowest BCUT2D eigenvalue weighted by Crippen LogP contribution is -2.23. The van der Waals surface area contributed by atoms with Gasteiger partial charge >= 0.3 is 0 Å². The van der Waals surface area contributed by atoms with Crippen LogP contribution in [0.4, 0.5) is 0 Å². The van der Waals surface area contributed by atoms with E-state index in [1.807, 2.05) is 30.3 Å². The molecule has 2 N–H and O–H groups in total. The van der Waals surface area contributed by atoms with E-state index < -0.39 is 0 Å². The molecular weight excluding hydrogens is 292 g/mol. The van der Waals surface area contributed by atoms with Crippen molar-refractivity contribution >= 4 is 11.0 Å². The van der Waals surface area contributed by atoms with Crippen LogP contribution in [0.15, 0.2) is 53.5 Å². The van der Waals surface area contributed by atoms with E-state index in [9.17, 15) is 9.90 Å². The molecule has 2 aromatic heterocycles. The van der Waals surface area contributed by atoms with E-state index in [1.165, 1.54) is 4.57 Å². The Labute approximate surface area is 133 Å². The minimum absolute atomic E-state index is 0.0109. The molecule has 0 fully saturated rings. The largest absolute Gasteiger partial charge is 0.507 e. The topological polar surface area (TPSA) is 75.3 Å². The van der Waals surface area contributed by atoms with E-state index >= 15 is 0 Å². The second-order valence-electron chi connectivity index (χ2n) is 5.36. The number of pyridine rings is 2. The summed E-state index contributed by atoms with van der Waals surface area (Å²) < 4.78 is 1.53. The van der Waals surface area contributed by atoms with Crippen molar-refractivity contribution in [3.63, 3.8) is 0 Å². The summed E-state index contributed by atoms with van der Waals surface area (Å²) in [4.78, 5) is 17.2. The van der Waals surface area contributed by atoms with E-state index in [0.717, 1.165) is 0 Å². The molecule has 0 amide bonds. The van der Waals surface area contributed by atoms with Gasteiger partial charge in [0, 0.05) is 12.8 Å². The summed E-state index contributed by atoms with van der Waals surface area (Å²) in [5.74, 6) is -0.0109. The molecule has 0 saturated carbocycles. The normalized spacial score (nSPS) is 11.0. The Morgan fingerprint density at radius 1 is 1.04 bits per heavy atom. The summed E-state index contributed by atoms with van der Waals surface area (Å²) in [6.45, 7) is 0.0722. The van der Waals surface area contributed by atoms with Crippen LogP contribution < -0.4 is 5.56 Å². The zero-order chi connectivity index (χ0) is 16.2. The summed E-state index contributed by atoms with van der Waals surface area (Å²) in [6.07, 6.45) is 3.25. The van der Waals surface area contributed by atoms with Crippen LogP contribution in [0.1, 0.15) is 18.4 Å². The van der Waals surface area contributed by atoms with Gasteiger partial charge in [0.1, 0.15) is 5.75 Å². The van der Waals surface area contributed by atoms with E-state index in [1.54, 1.807) is 18.3 Å². The van der Waals surface area contributed by atoms with E-state index in [-0.39, 0.29) is 17.9 Å². The number of aromatic hydroxyl groups is 1. The van der Waals surface area contributed by atoms with Crippen molar-refractivity contribution in [1.82, 2.24) is 9.55 Å². The highest BCUT2D eigenvalue weighted by Crippen LogP contribution is 2.27. The number of aromatic nitrogens is 2. The van der Waals surface area contributed by atoms with Crippen molar-refractivity contribution in [3.05, 3.63) is 64.6 Å². The maximum absolute atomic E-state index is 12.9. The molecule has 0 aliphatic heterocycles. The van der Waals surface area contributed by atoms with Gasteiger partial charge in [0.05, 0.1) is 16.6 Å². The average Bonchev–Trinajstić information content (AvgIpc) is 2.59. The molecule has 5 heteroatoms. The van der Waals surface area contributed by atoms with Crippen molar-refractivity contribution in [1.29, 1.82) is 0 Å². The summed E-state index contributed by atoms with van der Waals surface area (Å²) in [5.41, 5.74) is 1.25. The third-order valence-electron chi connectivity index (χ3n) is 3.85. The van der Waals surface area contributed by atoms with Gasteiger partial charge in [-0.3, -0.25) is 9.36 Å². The number of hydrogen-bond donors (Lipinski definition) is 2. The molecule has 0 radical (unpaired) electrons. The lowest BCUT2D eigenvalue weighted by molar-refractivity contribution is 0.284. The van der Waals surface area contributed by atoms with Gasteiger partial charge in [0.25, 0.3) is 5.56 Å². The number of fused-ring (bicyclic) bond motifs is 1. The van der Waals surface area contributed by atoms with Gasteiger partial charge in [-0.15, -0.1) is 0 Å². The lowest BCUT2D eigenvalue weighted by atomic mass is 10.1. The molecular formula is C18H18N2O3. The number of rotatable bonds is 5. The smallest absolute Gasteiger partial charge is 0.263 e. The SMILES string of the molecule is O=c1c(CCCCO)c(O)c2cccnc2n1-c1ccccc1. The highest BCUT2D eigenvalue weighted by Gasteiger charge is 2.17. The van der Waals surface area contributed by atoms with Gasteiger partial charge in [0.2, 0.25) is 0 Å². The Bertz CT molecular complexity index is 873. The van der Waals surface area contributed by atoms with Gasteiger partial charge in [-0.2, -0.15) is 0 Å². The highest BCUT2D eigenvalue weighted by molar-refractivity contribution is 5.84. The lowest BCUT2D eigenvalue weighted by Gasteiger charge is -2.14. The Morgan fingerprint density at radius 2 is 1.83 bits per heavy atom. The summed E-state index contributed by atoms with van der Waals surface area (Å²) in [6, 6.07) is 12.8. The number of hydrogen-bond acceptors (Lipinski definition) is 4. The van der Waals surface area contributed by atoms with Crippen LogP contribution in [0.2, 0.25) is 0 Å². The number of nitrogens with zero attached hydrogens (tertiary/aromatic N) is 2. The summed E-state index contributed by atoms with van der Waals surface area (Å²) in [7, 11) is 0. The van der Waals surface area contributed by atoms with Gasteiger partial charge < -0.3 is 10.2 Å². The van der Waals surface area contributed by atoms with Crippen molar-refractivity contribution in [2.45, 2.75) is 19.3 Å². The Balaban J connectivity index is 2.27. The second-order valence-corrected chi connectivity index (χ2v) is 5.36. The predicted molar refractivity (Wildman–Crippen MR) is 89.0 cm³/mol. The zero-order valence-corrected chi connectivity index (χ0v) is 12.6. The van der Waals surface area contributed by atoms with Gasteiger partial charge in [-0.05, 0) is 43.5 Å². The molecule has 0 atom stereocenters.